The first kappa shape index (κ1) is 53.6. The normalized spacial score (nSPS) is 14.6. The summed E-state index contributed by atoms with van der Waals surface area (Å²) in [6.07, 6.45) is 10.3. The van der Waals surface area contributed by atoms with E-state index in [4.69, 9.17) is 32.7 Å². The number of nitrogens with one attached hydrogen (secondary N) is 2. The number of amides is 2. The van der Waals surface area contributed by atoms with E-state index in [-0.39, 0.29) is 38.4 Å². The molecule has 8 aromatic rings. The smallest absolute Gasteiger partial charge is 0.297 e. The lowest BCUT2D eigenvalue weighted by Gasteiger charge is -2.30. The van der Waals surface area contributed by atoms with Crippen LogP contribution < -0.4 is 34.8 Å². The third-order valence-electron chi connectivity index (χ3n) is 14.4. The average molecular weight is 1090 g/mol. The molecule has 2 aliphatic rings. The second-order valence-corrected chi connectivity index (χ2v) is 21.1. The number of benzene rings is 8. The fourth-order valence-corrected chi connectivity index (χ4v) is 10.6. The summed E-state index contributed by atoms with van der Waals surface area (Å²) < 4.78 is 13.9. The molecule has 0 aromatic heterocycles. The number of nitrogens with zero attached hydrogens (tertiary/aromatic N) is 4. The van der Waals surface area contributed by atoms with Crippen LogP contribution in [0, 0.1) is 0 Å². The van der Waals surface area contributed by atoms with Crippen molar-refractivity contribution in [3.8, 4) is 11.5 Å². The molecule has 0 aliphatic carbocycles. The highest BCUT2D eigenvalue weighted by atomic mass is 35.5. The number of ether oxygens (including phenoxy) is 2. The SMILES string of the molecule is CC1(C)C(=CC=CC=CC2=[N+](CC(=O)N(c3ccccc3)c3ccc(NCOc4ccc(Cl)cc4)cc3)c3ccccc3C2(C)C)N(CC(=O)N(c2ccccc2)c2ccc(NCOc3ccc(Cl)cc3)cc2)c2ccccc21. The summed E-state index contributed by atoms with van der Waals surface area (Å²) in [6.45, 7) is 9.51. The molecule has 2 heterocycles. The zero-order valence-corrected chi connectivity index (χ0v) is 46.0. The first-order valence-electron chi connectivity index (χ1n) is 26.2. The minimum absolute atomic E-state index is 0.0915. The van der Waals surface area contributed by atoms with Gasteiger partial charge in [-0.25, -0.2) is 0 Å². The zero-order chi connectivity index (χ0) is 54.9. The van der Waals surface area contributed by atoms with E-state index >= 15 is 0 Å². The molecule has 8 aromatic carbocycles. The molecule has 2 N–H and O–H groups in total. The van der Waals surface area contributed by atoms with Gasteiger partial charge < -0.3 is 25.0 Å². The van der Waals surface area contributed by atoms with Crippen molar-refractivity contribution < 1.29 is 23.6 Å². The third-order valence-corrected chi connectivity index (χ3v) is 14.9. The summed E-state index contributed by atoms with van der Waals surface area (Å²) in [5.74, 6) is 1.22. The molecule has 0 spiro atoms. The molecule has 0 saturated carbocycles. The molecule has 2 amide bonds. The van der Waals surface area contributed by atoms with Gasteiger partial charge in [-0.1, -0.05) is 128 Å². The van der Waals surface area contributed by atoms with Gasteiger partial charge in [-0.2, -0.15) is 4.58 Å². The van der Waals surface area contributed by atoms with Crippen molar-refractivity contribution in [1.29, 1.82) is 0 Å². The number of rotatable bonds is 19. The van der Waals surface area contributed by atoms with Crippen LogP contribution in [0.4, 0.5) is 45.5 Å². The van der Waals surface area contributed by atoms with Crippen molar-refractivity contribution in [2.24, 2.45) is 0 Å². The van der Waals surface area contributed by atoms with Gasteiger partial charge in [-0.3, -0.25) is 19.4 Å². The number of carbonyl (C=O) groups is 2. The van der Waals surface area contributed by atoms with Crippen molar-refractivity contribution in [1.82, 2.24) is 0 Å². The monoisotopic (exact) mass is 1080 g/mol. The van der Waals surface area contributed by atoms with Gasteiger partial charge in [0.25, 0.3) is 11.8 Å². The maximum Gasteiger partial charge on any atom is 0.297 e. The van der Waals surface area contributed by atoms with E-state index in [0.717, 1.165) is 68.0 Å². The summed E-state index contributed by atoms with van der Waals surface area (Å²) in [6, 6.07) is 66.1. The number of anilines is 7. The highest BCUT2D eigenvalue weighted by Gasteiger charge is 2.45. The Kier molecular flexibility index (Phi) is 16.1. The van der Waals surface area contributed by atoms with Crippen LogP contribution in [0.25, 0.3) is 0 Å². The number of allylic oxidation sites excluding steroid dienone is 6. The highest BCUT2D eigenvalue weighted by molar-refractivity contribution is 6.30. The van der Waals surface area contributed by atoms with Crippen LogP contribution in [-0.2, 0) is 20.4 Å². The minimum Gasteiger partial charge on any atom is -0.473 e. The number of fused-ring (bicyclic) bond motifs is 2. The summed E-state index contributed by atoms with van der Waals surface area (Å²) in [5, 5.41) is 7.90. The van der Waals surface area contributed by atoms with Gasteiger partial charge >= 0.3 is 0 Å². The summed E-state index contributed by atoms with van der Waals surface area (Å²) >= 11 is 12.1. The molecular formula is C67H61Cl2N6O4+. The fourth-order valence-electron chi connectivity index (χ4n) is 10.3. The van der Waals surface area contributed by atoms with Gasteiger partial charge in [-0.15, -0.1) is 0 Å². The Morgan fingerprint density at radius 1 is 0.519 bits per heavy atom. The first-order valence-corrected chi connectivity index (χ1v) is 27.0. The number of para-hydroxylation sites is 4. The highest BCUT2D eigenvalue weighted by Crippen LogP contribution is 2.48. The minimum atomic E-state index is -0.418. The van der Waals surface area contributed by atoms with Crippen LogP contribution in [0.1, 0.15) is 38.8 Å². The summed E-state index contributed by atoms with van der Waals surface area (Å²) in [7, 11) is 0. The Bertz CT molecular complexity index is 3560. The first-order chi connectivity index (χ1) is 38.3. The molecule has 12 heteroatoms. The van der Waals surface area contributed by atoms with Crippen molar-refractivity contribution >= 4 is 86.2 Å². The van der Waals surface area contributed by atoms with E-state index in [1.807, 2.05) is 164 Å². The van der Waals surface area contributed by atoms with Gasteiger partial charge in [0.05, 0.1) is 5.41 Å². The second-order valence-electron chi connectivity index (χ2n) is 20.2. The molecule has 2 aliphatic heterocycles. The maximum absolute atomic E-state index is 14.9. The number of hydrogen-bond donors (Lipinski definition) is 2. The van der Waals surface area contributed by atoms with E-state index in [1.165, 1.54) is 0 Å². The molecule has 10 nitrogen and oxygen atoms in total. The number of carbonyl (C=O) groups excluding carboxylic acids is 2. The average Bonchev–Trinajstić information content (AvgIpc) is 3.83. The molecule has 0 unspecified atom stereocenters. The molecule has 79 heavy (non-hydrogen) atoms. The molecule has 0 bridgehead atoms. The van der Waals surface area contributed by atoms with Crippen LogP contribution in [0.2, 0.25) is 10.0 Å². The Morgan fingerprint density at radius 2 is 0.987 bits per heavy atom. The van der Waals surface area contributed by atoms with Gasteiger partial charge in [0.15, 0.2) is 19.2 Å². The van der Waals surface area contributed by atoms with Gasteiger partial charge in [0, 0.05) is 78.7 Å². The quantitative estimate of drug-likeness (QED) is 0.0474. The lowest BCUT2D eigenvalue weighted by molar-refractivity contribution is -0.424. The molecular weight excluding hydrogens is 1020 g/mol. The van der Waals surface area contributed by atoms with E-state index in [1.54, 1.807) is 34.1 Å². The van der Waals surface area contributed by atoms with Crippen molar-refractivity contribution in [2.75, 3.05) is 51.9 Å². The molecule has 0 saturated heterocycles. The predicted molar refractivity (Wildman–Crippen MR) is 324 cm³/mol. The van der Waals surface area contributed by atoms with Crippen LogP contribution in [-0.4, -0.2) is 48.7 Å². The fraction of sp³-hybridized carbons (Fsp3) is 0.149. The van der Waals surface area contributed by atoms with Crippen LogP contribution in [0.3, 0.4) is 0 Å². The van der Waals surface area contributed by atoms with Gasteiger partial charge in [0.2, 0.25) is 12.2 Å². The second kappa shape index (κ2) is 23.8. The summed E-state index contributed by atoms with van der Waals surface area (Å²) in [5.41, 5.74) is 10.1. The lowest BCUT2D eigenvalue weighted by Crippen LogP contribution is -2.38. The van der Waals surface area contributed by atoms with Crippen LogP contribution >= 0.6 is 23.2 Å². The van der Waals surface area contributed by atoms with Crippen molar-refractivity contribution in [3.63, 3.8) is 0 Å². The molecule has 10 rings (SSSR count). The summed E-state index contributed by atoms with van der Waals surface area (Å²) in [4.78, 5) is 35.6. The lowest BCUT2D eigenvalue weighted by atomic mass is 9.81. The third kappa shape index (κ3) is 12.0. The molecule has 0 atom stereocenters. The Labute approximate surface area is 472 Å². The largest absolute Gasteiger partial charge is 0.473 e. The van der Waals surface area contributed by atoms with Crippen LogP contribution in [0.15, 0.2) is 242 Å². The van der Waals surface area contributed by atoms with E-state index in [9.17, 15) is 9.59 Å². The molecule has 396 valence electrons. The van der Waals surface area contributed by atoms with Crippen LogP contribution in [0.5, 0.6) is 11.5 Å². The van der Waals surface area contributed by atoms with Gasteiger partial charge in [0.1, 0.15) is 18.0 Å². The maximum atomic E-state index is 14.9. The zero-order valence-electron chi connectivity index (χ0n) is 44.5. The Hall–Kier alpha value is -8.83. The van der Waals surface area contributed by atoms with Crippen molar-refractivity contribution in [2.45, 2.75) is 38.5 Å². The van der Waals surface area contributed by atoms with E-state index in [2.05, 4.69) is 96.4 Å². The van der Waals surface area contributed by atoms with Crippen molar-refractivity contribution in [3.05, 3.63) is 264 Å². The topological polar surface area (TPSA) is 89.4 Å². The number of hydrogen-bond acceptors (Lipinski definition) is 7. The van der Waals surface area contributed by atoms with Gasteiger partial charge in [-0.05, 0) is 153 Å². The predicted octanol–water partition coefficient (Wildman–Crippen LogP) is 15.8. The molecule has 0 fully saturated rings. The number of halogens is 2. The standard InChI is InChI=1S/C67H61Cl2N6O4/c1-66(2)58-22-14-16-24-60(58)72(44-64(76)74(52-18-8-5-9-19-52)54-36-32-50(33-37-54)70-46-78-56-40-28-48(68)29-41-56)62(66)26-12-7-13-27-63-67(3,4)59-23-15-17-25-61(59)73(63)45-65(77)75(53-20-10-6-11-21-53)55-38-34-51(35-39-55)71-47-79-57-42-30-49(69)31-43-57/h5-43,70-71H,44-47H2,1-4H3/q+1. The molecule has 0 radical (unpaired) electrons. The Balaban J connectivity index is 0.891. The Morgan fingerprint density at radius 3 is 1.53 bits per heavy atom. The van der Waals surface area contributed by atoms with E-state index < -0.39 is 10.8 Å². The van der Waals surface area contributed by atoms with E-state index in [0.29, 0.717) is 21.5 Å².